The number of nitrogens with two attached hydrogens (primary N) is 1. The van der Waals surface area contributed by atoms with E-state index >= 15 is 0 Å². The molecule has 0 saturated carbocycles. The molecule has 1 heteroatoms. The second kappa shape index (κ2) is 3.81. The van der Waals surface area contributed by atoms with Crippen molar-refractivity contribution < 1.29 is 0 Å². The molecule has 0 bridgehead atoms. The van der Waals surface area contributed by atoms with E-state index in [-0.39, 0.29) is 0 Å². The van der Waals surface area contributed by atoms with Crippen LogP contribution in [0.1, 0.15) is 18.9 Å². The van der Waals surface area contributed by atoms with E-state index in [1.54, 1.807) is 0 Å². The monoisotopic (exact) mass is 147 g/mol. The molecule has 0 unspecified atom stereocenters. The van der Waals surface area contributed by atoms with Crippen molar-refractivity contribution in [3.63, 3.8) is 0 Å². The minimum Gasteiger partial charge on any atom is -0.399 e. The SMILES string of the molecule is CC/C=C/c1ccc(N)cc1. The lowest BCUT2D eigenvalue weighted by Gasteiger charge is -1.93. The standard InChI is InChI=1S/C10H13N/c1-2-3-4-9-5-7-10(11)8-6-9/h3-8H,2,11H2,1H3/b4-3+. The Bertz CT molecular complexity index is 234. The topological polar surface area (TPSA) is 26.0 Å². The molecule has 0 amide bonds. The maximum Gasteiger partial charge on any atom is 0.0314 e. The molecule has 0 saturated heterocycles. The number of rotatable bonds is 2. The van der Waals surface area contributed by atoms with Crippen molar-refractivity contribution in [1.29, 1.82) is 0 Å². The smallest absolute Gasteiger partial charge is 0.0314 e. The van der Waals surface area contributed by atoms with Crippen molar-refractivity contribution >= 4 is 11.8 Å². The van der Waals surface area contributed by atoms with Crippen LogP contribution in [0.2, 0.25) is 0 Å². The highest BCUT2D eigenvalue weighted by molar-refractivity contribution is 5.53. The van der Waals surface area contributed by atoms with Gasteiger partial charge in [0.2, 0.25) is 0 Å². The third-order valence-electron chi connectivity index (χ3n) is 1.48. The van der Waals surface area contributed by atoms with Gasteiger partial charge >= 0.3 is 0 Å². The molecule has 11 heavy (non-hydrogen) atoms. The van der Waals surface area contributed by atoms with Crippen LogP contribution in [0.15, 0.2) is 30.3 Å². The van der Waals surface area contributed by atoms with Gasteiger partial charge < -0.3 is 5.73 Å². The molecule has 1 aromatic carbocycles. The summed E-state index contributed by atoms with van der Waals surface area (Å²) >= 11 is 0. The highest BCUT2D eigenvalue weighted by Crippen LogP contribution is 2.06. The minimum atomic E-state index is 0.818. The molecule has 1 aromatic rings. The summed E-state index contributed by atoms with van der Waals surface area (Å²) in [5.41, 5.74) is 7.56. The summed E-state index contributed by atoms with van der Waals surface area (Å²) in [7, 11) is 0. The van der Waals surface area contributed by atoms with Crippen molar-refractivity contribution in [3.8, 4) is 0 Å². The van der Waals surface area contributed by atoms with Crippen molar-refractivity contribution in [2.24, 2.45) is 0 Å². The molecule has 0 aromatic heterocycles. The van der Waals surface area contributed by atoms with Gasteiger partial charge in [-0.2, -0.15) is 0 Å². The van der Waals surface area contributed by atoms with Gasteiger partial charge in [-0.25, -0.2) is 0 Å². The fourth-order valence-electron chi connectivity index (χ4n) is 0.861. The third kappa shape index (κ3) is 2.46. The zero-order valence-electron chi connectivity index (χ0n) is 6.75. The van der Waals surface area contributed by atoms with Crippen LogP contribution in [0.25, 0.3) is 6.08 Å². The average molecular weight is 147 g/mol. The highest BCUT2D eigenvalue weighted by Gasteiger charge is 1.84. The van der Waals surface area contributed by atoms with E-state index in [1.807, 2.05) is 24.3 Å². The normalized spacial score (nSPS) is 10.6. The quantitative estimate of drug-likeness (QED) is 0.639. The summed E-state index contributed by atoms with van der Waals surface area (Å²) in [5, 5.41) is 0. The molecule has 2 N–H and O–H groups in total. The molecule has 0 aliphatic carbocycles. The van der Waals surface area contributed by atoms with Gasteiger partial charge in [0.05, 0.1) is 0 Å². The summed E-state index contributed by atoms with van der Waals surface area (Å²) in [4.78, 5) is 0. The third-order valence-corrected chi connectivity index (χ3v) is 1.48. The molecular weight excluding hydrogens is 134 g/mol. The number of allylic oxidation sites excluding steroid dienone is 1. The van der Waals surface area contributed by atoms with Crippen LogP contribution in [0, 0.1) is 0 Å². The van der Waals surface area contributed by atoms with Gasteiger partial charge in [0, 0.05) is 5.69 Å². The van der Waals surface area contributed by atoms with E-state index in [0.29, 0.717) is 0 Å². The Labute approximate surface area is 67.5 Å². The van der Waals surface area contributed by atoms with E-state index < -0.39 is 0 Å². The minimum absolute atomic E-state index is 0.818. The summed E-state index contributed by atoms with van der Waals surface area (Å²) in [6.07, 6.45) is 5.30. The molecule has 0 heterocycles. The van der Waals surface area contributed by atoms with Gasteiger partial charge in [-0.15, -0.1) is 0 Å². The molecule has 58 valence electrons. The van der Waals surface area contributed by atoms with Crippen molar-refractivity contribution in [1.82, 2.24) is 0 Å². The predicted octanol–water partition coefficient (Wildman–Crippen LogP) is 2.69. The number of hydrogen-bond donors (Lipinski definition) is 1. The Hall–Kier alpha value is -1.24. The van der Waals surface area contributed by atoms with E-state index in [9.17, 15) is 0 Å². The Kier molecular flexibility index (Phi) is 2.73. The first-order valence-corrected chi connectivity index (χ1v) is 3.85. The second-order valence-electron chi connectivity index (χ2n) is 2.48. The molecule has 0 fully saturated rings. The summed E-state index contributed by atoms with van der Waals surface area (Å²) in [6.45, 7) is 2.12. The second-order valence-corrected chi connectivity index (χ2v) is 2.48. The lowest BCUT2D eigenvalue weighted by molar-refractivity contribution is 1.23. The van der Waals surface area contributed by atoms with Gasteiger partial charge in [0.15, 0.2) is 0 Å². The Morgan fingerprint density at radius 1 is 1.27 bits per heavy atom. The van der Waals surface area contributed by atoms with Crippen molar-refractivity contribution in [3.05, 3.63) is 35.9 Å². The summed E-state index contributed by atoms with van der Waals surface area (Å²) in [5.74, 6) is 0. The Morgan fingerprint density at radius 3 is 2.45 bits per heavy atom. The van der Waals surface area contributed by atoms with Crippen LogP contribution in [-0.4, -0.2) is 0 Å². The number of nitrogen functional groups attached to an aromatic ring is 1. The van der Waals surface area contributed by atoms with Gasteiger partial charge in [0.1, 0.15) is 0 Å². The number of benzene rings is 1. The highest BCUT2D eigenvalue weighted by atomic mass is 14.5. The maximum absolute atomic E-state index is 5.53. The molecule has 0 aliphatic rings. The van der Waals surface area contributed by atoms with Crippen LogP contribution in [0.4, 0.5) is 5.69 Å². The Morgan fingerprint density at radius 2 is 1.91 bits per heavy atom. The van der Waals surface area contributed by atoms with Gasteiger partial charge in [-0.3, -0.25) is 0 Å². The lowest BCUT2D eigenvalue weighted by atomic mass is 10.2. The molecule has 0 radical (unpaired) electrons. The fraction of sp³-hybridized carbons (Fsp3) is 0.200. The maximum atomic E-state index is 5.53. The van der Waals surface area contributed by atoms with E-state index in [1.165, 1.54) is 5.56 Å². The molecular formula is C10H13N. The predicted molar refractivity (Wildman–Crippen MR) is 50.2 cm³/mol. The van der Waals surface area contributed by atoms with Crippen molar-refractivity contribution in [2.75, 3.05) is 5.73 Å². The molecule has 1 rings (SSSR count). The van der Waals surface area contributed by atoms with Gasteiger partial charge in [-0.05, 0) is 24.1 Å². The van der Waals surface area contributed by atoms with Crippen LogP contribution in [0.5, 0.6) is 0 Å². The largest absolute Gasteiger partial charge is 0.399 e. The number of hydrogen-bond acceptors (Lipinski definition) is 1. The molecule has 0 atom stereocenters. The first-order valence-electron chi connectivity index (χ1n) is 3.85. The van der Waals surface area contributed by atoms with Gasteiger partial charge in [-0.1, -0.05) is 31.2 Å². The molecule has 0 aliphatic heterocycles. The Balaban J connectivity index is 2.73. The fourth-order valence-corrected chi connectivity index (χ4v) is 0.861. The van der Waals surface area contributed by atoms with Gasteiger partial charge in [0.25, 0.3) is 0 Å². The van der Waals surface area contributed by atoms with Crippen LogP contribution >= 0.6 is 0 Å². The van der Waals surface area contributed by atoms with E-state index in [2.05, 4.69) is 19.1 Å². The average Bonchev–Trinajstić information content (AvgIpc) is 2.04. The molecule has 1 nitrogen and oxygen atoms in total. The zero-order valence-corrected chi connectivity index (χ0v) is 6.75. The first-order chi connectivity index (χ1) is 5.33. The van der Waals surface area contributed by atoms with Crippen LogP contribution < -0.4 is 5.73 Å². The summed E-state index contributed by atoms with van der Waals surface area (Å²) in [6, 6.07) is 7.85. The van der Waals surface area contributed by atoms with Crippen LogP contribution in [0.3, 0.4) is 0 Å². The summed E-state index contributed by atoms with van der Waals surface area (Å²) < 4.78 is 0. The van der Waals surface area contributed by atoms with Crippen molar-refractivity contribution in [2.45, 2.75) is 13.3 Å². The van der Waals surface area contributed by atoms with E-state index in [0.717, 1.165) is 12.1 Å². The zero-order chi connectivity index (χ0) is 8.10. The van der Waals surface area contributed by atoms with E-state index in [4.69, 9.17) is 5.73 Å². The first kappa shape index (κ1) is 7.86. The number of anilines is 1. The van der Waals surface area contributed by atoms with Crippen LogP contribution in [-0.2, 0) is 0 Å². The molecule has 0 spiro atoms. The lowest BCUT2D eigenvalue weighted by Crippen LogP contribution is -1.82.